The summed E-state index contributed by atoms with van der Waals surface area (Å²) in [4.78, 5) is 31.6. The van der Waals surface area contributed by atoms with Crippen LogP contribution in [-0.4, -0.2) is 34.9 Å². The largest absolute Gasteiger partial charge is 0.497 e. The maximum atomic E-state index is 12.3. The number of rotatable bonds is 5. The number of hydrogen-bond acceptors (Lipinski definition) is 5. The molecule has 0 bridgehead atoms. The van der Waals surface area contributed by atoms with Gasteiger partial charge in [0, 0.05) is 17.9 Å². The third kappa shape index (κ3) is 4.12. The smallest absolute Gasteiger partial charge is 0.286 e. The van der Waals surface area contributed by atoms with Crippen LogP contribution in [0.4, 0.5) is 0 Å². The number of primary amides is 1. The Hall–Kier alpha value is -2.96. The fraction of sp³-hybridized carbons (Fsp3) is 0.333. The van der Waals surface area contributed by atoms with Crippen molar-refractivity contribution >= 4 is 11.8 Å². The van der Waals surface area contributed by atoms with Crippen LogP contribution < -0.4 is 15.8 Å². The van der Waals surface area contributed by atoms with E-state index >= 15 is 0 Å². The minimum absolute atomic E-state index is 0.0201. The lowest BCUT2D eigenvalue weighted by Gasteiger charge is -2.24. The van der Waals surface area contributed by atoms with Crippen LogP contribution >= 0.6 is 0 Å². The zero-order valence-corrected chi connectivity index (χ0v) is 14.0. The van der Waals surface area contributed by atoms with E-state index in [0.29, 0.717) is 19.3 Å². The van der Waals surface area contributed by atoms with Crippen LogP contribution in [0.5, 0.6) is 5.75 Å². The Kier molecular flexibility index (Phi) is 4.92. The third-order valence-corrected chi connectivity index (χ3v) is 4.26. The quantitative estimate of drug-likeness (QED) is 0.837. The van der Waals surface area contributed by atoms with Crippen molar-refractivity contribution < 1.29 is 14.3 Å². The summed E-state index contributed by atoms with van der Waals surface area (Å²) in [6.07, 6.45) is 4.07. The molecule has 3 rings (SSSR count). The fourth-order valence-electron chi connectivity index (χ4n) is 2.96. The predicted octanol–water partition coefficient (Wildman–Crippen LogP) is 0.800. The topological polar surface area (TPSA) is 107 Å². The average molecular weight is 340 g/mol. The number of nitrogens with two attached hydrogens (primary N) is 1. The number of methoxy groups -OCH3 is 1. The highest BCUT2D eigenvalue weighted by molar-refractivity contribution is 5.88. The summed E-state index contributed by atoms with van der Waals surface area (Å²) < 4.78 is 5.11. The molecule has 25 heavy (non-hydrogen) atoms. The number of fused-ring (bicyclic) bond motifs is 1. The first-order valence-corrected chi connectivity index (χ1v) is 8.12. The van der Waals surface area contributed by atoms with E-state index in [0.717, 1.165) is 29.0 Å². The van der Waals surface area contributed by atoms with E-state index in [2.05, 4.69) is 15.3 Å². The Morgan fingerprint density at radius 1 is 1.32 bits per heavy atom. The van der Waals surface area contributed by atoms with E-state index in [9.17, 15) is 9.59 Å². The Morgan fingerprint density at radius 3 is 2.76 bits per heavy atom. The van der Waals surface area contributed by atoms with Crippen molar-refractivity contribution in [1.29, 1.82) is 0 Å². The van der Waals surface area contributed by atoms with Gasteiger partial charge in [-0.2, -0.15) is 0 Å². The number of aromatic nitrogens is 2. The molecular formula is C18H20N4O3. The molecule has 0 aliphatic heterocycles. The highest BCUT2D eigenvalue weighted by Crippen LogP contribution is 2.19. The molecule has 1 heterocycles. The van der Waals surface area contributed by atoms with Crippen molar-refractivity contribution in [3.8, 4) is 5.75 Å². The van der Waals surface area contributed by atoms with Gasteiger partial charge in [0.2, 0.25) is 11.7 Å². The maximum Gasteiger partial charge on any atom is 0.286 e. The molecular weight excluding hydrogens is 320 g/mol. The van der Waals surface area contributed by atoms with E-state index in [4.69, 9.17) is 10.5 Å². The molecule has 0 radical (unpaired) electrons. The van der Waals surface area contributed by atoms with Gasteiger partial charge in [0.1, 0.15) is 5.75 Å². The summed E-state index contributed by atoms with van der Waals surface area (Å²) in [5.74, 6) is 0.162. The van der Waals surface area contributed by atoms with Crippen LogP contribution in [0.15, 0.2) is 30.5 Å². The van der Waals surface area contributed by atoms with Gasteiger partial charge in [-0.1, -0.05) is 12.1 Å². The highest BCUT2D eigenvalue weighted by Gasteiger charge is 2.22. The Balaban J connectivity index is 1.58. The molecule has 0 spiro atoms. The molecule has 3 N–H and O–H groups in total. The molecule has 0 saturated carbocycles. The molecule has 0 fully saturated rings. The number of ether oxygens (including phenoxy) is 1. The summed E-state index contributed by atoms with van der Waals surface area (Å²) in [6, 6.07) is 7.49. The second kappa shape index (κ2) is 7.29. The molecule has 2 aromatic rings. The Bertz CT molecular complexity index is 789. The highest BCUT2D eigenvalue weighted by atomic mass is 16.5. The molecule has 7 nitrogen and oxygen atoms in total. The van der Waals surface area contributed by atoms with Gasteiger partial charge in [-0.15, -0.1) is 0 Å². The van der Waals surface area contributed by atoms with Crippen molar-refractivity contribution in [3.05, 3.63) is 53.1 Å². The summed E-state index contributed by atoms with van der Waals surface area (Å²) in [6.45, 7) is 0. The number of hydrogen-bond donors (Lipinski definition) is 2. The Morgan fingerprint density at radius 2 is 2.08 bits per heavy atom. The Labute approximate surface area is 145 Å². The summed E-state index contributed by atoms with van der Waals surface area (Å²) in [5, 5.41) is 3.06. The summed E-state index contributed by atoms with van der Waals surface area (Å²) in [5.41, 5.74) is 7.92. The van der Waals surface area contributed by atoms with E-state index in [-0.39, 0.29) is 17.8 Å². The number of amides is 2. The number of benzene rings is 1. The lowest BCUT2D eigenvalue weighted by Crippen LogP contribution is -2.40. The van der Waals surface area contributed by atoms with Crippen LogP contribution in [0.25, 0.3) is 0 Å². The lowest BCUT2D eigenvalue weighted by atomic mass is 9.92. The minimum atomic E-state index is -0.627. The van der Waals surface area contributed by atoms with Gasteiger partial charge in [-0.05, 0) is 42.5 Å². The number of nitrogens with zero attached hydrogens (tertiary/aromatic N) is 2. The molecule has 1 aliphatic carbocycles. The molecule has 1 unspecified atom stereocenters. The van der Waals surface area contributed by atoms with Crippen molar-refractivity contribution in [1.82, 2.24) is 15.3 Å². The van der Waals surface area contributed by atoms with E-state index < -0.39 is 5.91 Å². The molecule has 7 heteroatoms. The molecule has 2 amide bonds. The van der Waals surface area contributed by atoms with Crippen LogP contribution in [0.2, 0.25) is 0 Å². The number of aryl methyl sites for hydroxylation is 1. The molecule has 1 aromatic carbocycles. The molecule has 0 saturated heterocycles. The van der Waals surface area contributed by atoms with Crippen molar-refractivity contribution in [2.45, 2.75) is 31.7 Å². The summed E-state index contributed by atoms with van der Waals surface area (Å²) in [7, 11) is 1.61. The SMILES string of the molecule is COc1ccc(CC(=O)NC2CCc3nc(C(N)=O)ncc3C2)cc1. The van der Waals surface area contributed by atoms with Gasteiger partial charge < -0.3 is 15.8 Å². The normalized spacial score (nSPS) is 16.0. The number of carbonyl (C=O) groups excluding carboxylic acids is 2. The van der Waals surface area contributed by atoms with Crippen LogP contribution in [-0.2, 0) is 24.1 Å². The van der Waals surface area contributed by atoms with Gasteiger partial charge in [0.25, 0.3) is 5.91 Å². The monoisotopic (exact) mass is 340 g/mol. The van der Waals surface area contributed by atoms with Crippen molar-refractivity contribution in [2.75, 3.05) is 7.11 Å². The average Bonchev–Trinajstić information content (AvgIpc) is 2.61. The van der Waals surface area contributed by atoms with Crippen molar-refractivity contribution in [2.24, 2.45) is 5.73 Å². The molecule has 1 aromatic heterocycles. The number of nitrogens with one attached hydrogen (secondary N) is 1. The van der Waals surface area contributed by atoms with Gasteiger partial charge in [0.15, 0.2) is 0 Å². The predicted molar refractivity (Wildman–Crippen MR) is 91.2 cm³/mol. The zero-order chi connectivity index (χ0) is 17.8. The van der Waals surface area contributed by atoms with E-state index in [1.165, 1.54) is 0 Å². The second-order valence-electron chi connectivity index (χ2n) is 6.06. The van der Waals surface area contributed by atoms with Gasteiger partial charge >= 0.3 is 0 Å². The first-order chi connectivity index (χ1) is 12.0. The molecule has 1 atom stereocenters. The first-order valence-electron chi connectivity index (χ1n) is 8.12. The molecule has 130 valence electrons. The second-order valence-corrected chi connectivity index (χ2v) is 6.06. The van der Waals surface area contributed by atoms with Gasteiger partial charge in [0.05, 0.1) is 13.5 Å². The zero-order valence-electron chi connectivity index (χ0n) is 14.0. The van der Waals surface area contributed by atoms with Crippen molar-refractivity contribution in [3.63, 3.8) is 0 Å². The van der Waals surface area contributed by atoms with Crippen LogP contribution in [0, 0.1) is 0 Å². The van der Waals surface area contributed by atoms with Crippen LogP contribution in [0.3, 0.4) is 0 Å². The first kappa shape index (κ1) is 16.9. The summed E-state index contributed by atoms with van der Waals surface area (Å²) >= 11 is 0. The van der Waals surface area contributed by atoms with Gasteiger partial charge in [-0.25, -0.2) is 9.97 Å². The third-order valence-electron chi connectivity index (χ3n) is 4.26. The number of carbonyl (C=O) groups is 2. The fourth-order valence-corrected chi connectivity index (χ4v) is 2.96. The van der Waals surface area contributed by atoms with Gasteiger partial charge in [-0.3, -0.25) is 9.59 Å². The standard InChI is InChI=1S/C18H20N4O3/c1-25-14-5-2-11(3-6-14)8-16(23)21-13-4-7-15-12(9-13)10-20-18(22-15)17(19)24/h2-3,5-6,10,13H,4,7-9H2,1H3,(H2,19,24)(H,21,23). The molecule has 1 aliphatic rings. The van der Waals surface area contributed by atoms with E-state index in [1.54, 1.807) is 13.3 Å². The van der Waals surface area contributed by atoms with E-state index in [1.807, 2.05) is 24.3 Å². The maximum absolute atomic E-state index is 12.3. The van der Waals surface area contributed by atoms with Crippen LogP contribution in [0.1, 0.15) is 33.9 Å². The lowest BCUT2D eigenvalue weighted by molar-refractivity contribution is -0.121. The minimum Gasteiger partial charge on any atom is -0.497 e.